The summed E-state index contributed by atoms with van der Waals surface area (Å²) in [6.45, 7) is 4.47. The number of fused-ring (bicyclic) bond motifs is 2. The first-order valence-electron chi connectivity index (χ1n) is 7.88. The third kappa shape index (κ3) is 2.21. The van der Waals surface area contributed by atoms with Crippen molar-refractivity contribution in [3.05, 3.63) is 34.5 Å². The molecule has 0 saturated carbocycles. The van der Waals surface area contributed by atoms with E-state index in [1.807, 2.05) is 12.1 Å². The Morgan fingerprint density at radius 1 is 1.46 bits per heavy atom. The SMILES string of the molecule is CC1(C)CCc2c(nc3sc(C(=O)O)c(N)c3c2-c2ccco2)C1. The van der Waals surface area contributed by atoms with Crippen molar-refractivity contribution in [3.63, 3.8) is 0 Å². The van der Waals surface area contributed by atoms with E-state index >= 15 is 0 Å². The van der Waals surface area contributed by atoms with Gasteiger partial charge in [0.15, 0.2) is 0 Å². The molecule has 0 aliphatic heterocycles. The summed E-state index contributed by atoms with van der Waals surface area (Å²) in [5.41, 5.74) is 9.74. The number of nitrogen functional groups attached to an aromatic ring is 1. The molecule has 3 heterocycles. The van der Waals surface area contributed by atoms with Gasteiger partial charge in [-0.1, -0.05) is 13.8 Å². The van der Waals surface area contributed by atoms with Crippen LogP contribution in [0.15, 0.2) is 22.8 Å². The molecular weight excluding hydrogens is 324 g/mol. The molecule has 0 aromatic carbocycles. The van der Waals surface area contributed by atoms with Crippen molar-refractivity contribution in [2.75, 3.05) is 5.73 Å². The second-order valence-electron chi connectivity index (χ2n) is 7.06. The largest absolute Gasteiger partial charge is 0.477 e. The lowest BCUT2D eigenvalue weighted by atomic mass is 9.75. The van der Waals surface area contributed by atoms with Gasteiger partial charge >= 0.3 is 5.97 Å². The molecule has 3 N–H and O–H groups in total. The normalized spacial score (nSPS) is 16.2. The van der Waals surface area contributed by atoms with E-state index < -0.39 is 5.97 Å². The van der Waals surface area contributed by atoms with E-state index in [2.05, 4.69) is 13.8 Å². The van der Waals surface area contributed by atoms with Crippen molar-refractivity contribution < 1.29 is 14.3 Å². The van der Waals surface area contributed by atoms with Gasteiger partial charge in [0.2, 0.25) is 0 Å². The van der Waals surface area contributed by atoms with Crippen molar-refractivity contribution in [1.82, 2.24) is 4.98 Å². The number of rotatable bonds is 2. The van der Waals surface area contributed by atoms with Crippen LogP contribution in [0, 0.1) is 5.41 Å². The lowest BCUT2D eigenvalue weighted by Gasteiger charge is -2.31. The average Bonchev–Trinajstić information content (AvgIpc) is 3.12. The Hall–Kier alpha value is -2.34. The van der Waals surface area contributed by atoms with Crippen LogP contribution in [0.4, 0.5) is 5.69 Å². The van der Waals surface area contributed by atoms with Crippen LogP contribution < -0.4 is 5.73 Å². The number of nitrogens with two attached hydrogens (primary N) is 1. The van der Waals surface area contributed by atoms with Crippen LogP contribution in [0.2, 0.25) is 0 Å². The van der Waals surface area contributed by atoms with Crippen LogP contribution in [0.25, 0.3) is 21.5 Å². The van der Waals surface area contributed by atoms with Gasteiger partial charge in [-0.2, -0.15) is 0 Å². The maximum Gasteiger partial charge on any atom is 0.348 e. The zero-order chi connectivity index (χ0) is 17.1. The summed E-state index contributed by atoms with van der Waals surface area (Å²) >= 11 is 1.14. The molecular formula is C18H18N2O3S. The summed E-state index contributed by atoms with van der Waals surface area (Å²) in [5.74, 6) is -0.293. The first kappa shape index (κ1) is 15.2. The summed E-state index contributed by atoms with van der Waals surface area (Å²) in [6.07, 6.45) is 4.43. The summed E-state index contributed by atoms with van der Waals surface area (Å²) < 4.78 is 5.64. The lowest BCUT2D eigenvalue weighted by molar-refractivity contribution is 0.0703. The van der Waals surface area contributed by atoms with E-state index in [0.29, 0.717) is 10.2 Å². The lowest BCUT2D eigenvalue weighted by Crippen LogP contribution is -2.23. The topological polar surface area (TPSA) is 89.3 Å². The molecule has 124 valence electrons. The minimum Gasteiger partial charge on any atom is -0.477 e. The molecule has 0 amide bonds. The molecule has 0 bridgehead atoms. The van der Waals surface area contributed by atoms with Crippen LogP contribution in [-0.4, -0.2) is 16.1 Å². The van der Waals surface area contributed by atoms with Crippen LogP contribution in [0.5, 0.6) is 0 Å². The number of aromatic carboxylic acids is 1. The fraction of sp³-hybridized carbons (Fsp3) is 0.333. The highest BCUT2D eigenvalue weighted by Gasteiger charge is 2.32. The van der Waals surface area contributed by atoms with E-state index in [1.54, 1.807) is 6.26 Å². The average molecular weight is 342 g/mol. The second-order valence-corrected chi connectivity index (χ2v) is 8.06. The van der Waals surface area contributed by atoms with Crippen molar-refractivity contribution >= 4 is 33.2 Å². The van der Waals surface area contributed by atoms with Gasteiger partial charge in [0.1, 0.15) is 15.5 Å². The van der Waals surface area contributed by atoms with Gasteiger partial charge < -0.3 is 15.3 Å². The van der Waals surface area contributed by atoms with Crippen molar-refractivity contribution in [2.45, 2.75) is 33.1 Å². The van der Waals surface area contributed by atoms with E-state index in [4.69, 9.17) is 15.1 Å². The molecule has 0 spiro atoms. The Morgan fingerprint density at radius 2 is 2.25 bits per heavy atom. The molecule has 6 heteroatoms. The third-order valence-corrected chi connectivity index (χ3v) is 5.81. The molecule has 1 aliphatic carbocycles. The van der Waals surface area contributed by atoms with E-state index in [0.717, 1.165) is 53.2 Å². The summed E-state index contributed by atoms with van der Waals surface area (Å²) in [6, 6.07) is 3.73. The number of thiophene rings is 1. The number of hydrogen-bond donors (Lipinski definition) is 2. The zero-order valence-electron chi connectivity index (χ0n) is 13.5. The fourth-order valence-electron chi connectivity index (χ4n) is 3.51. The van der Waals surface area contributed by atoms with E-state index in [1.165, 1.54) is 0 Å². The number of anilines is 1. The van der Waals surface area contributed by atoms with Crippen LogP contribution in [0.1, 0.15) is 41.2 Å². The second kappa shape index (κ2) is 5.08. The molecule has 1 aliphatic rings. The van der Waals surface area contributed by atoms with Crippen LogP contribution in [0.3, 0.4) is 0 Å². The number of nitrogens with zero attached hydrogens (tertiary/aromatic N) is 1. The number of carboxylic acid groups (broad SMARTS) is 1. The van der Waals surface area contributed by atoms with Gasteiger partial charge in [0.25, 0.3) is 0 Å². The predicted molar refractivity (Wildman–Crippen MR) is 94.5 cm³/mol. The monoisotopic (exact) mass is 342 g/mol. The maximum atomic E-state index is 11.5. The van der Waals surface area contributed by atoms with Crippen LogP contribution >= 0.6 is 11.3 Å². The summed E-state index contributed by atoms with van der Waals surface area (Å²) in [4.78, 5) is 17.1. The molecule has 0 radical (unpaired) electrons. The third-order valence-electron chi connectivity index (χ3n) is 4.72. The Labute approximate surface area is 143 Å². The predicted octanol–water partition coefficient (Wildman–Crippen LogP) is 4.35. The highest BCUT2D eigenvalue weighted by molar-refractivity contribution is 7.21. The molecule has 0 fully saturated rings. The smallest absolute Gasteiger partial charge is 0.348 e. The first-order valence-corrected chi connectivity index (χ1v) is 8.70. The Balaban J connectivity index is 2.10. The van der Waals surface area contributed by atoms with Gasteiger partial charge in [-0.25, -0.2) is 9.78 Å². The van der Waals surface area contributed by atoms with E-state index in [9.17, 15) is 9.90 Å². The summed E-state index contributed by atoms with van der Waals surface area (Å²) in [5, 5.41) is 10.1. The van der Waals surface area contributed by atoms with Gasteiger partial charge in [-0.3, -0.25) is 0 Å². The number of carboxylic acids is 1. The Bertz CT molecular complexity index is 955. The quantitative estimate of drug-likeness (QED) is 0.722. The number of pyridine rings is 1. The minimum atomic E-state index is -1.01. The molecule has 3 aromatic heterocycles. The maximum absolute atomic E-state index is 11.5. The molecule has 3 aromatic rings. The number of aromatic nitrogens is 1. The zero-order valence-corrected chi connectivity index (χ0v) is 14.4. The Morgan fingerprint density at radius 3 is 2.92 bits per heavy atom. The number of hydrogen-bond acceptors (Lipinski definition) is 5. The molecule has 0 atom stereocenters. The van der Waals surface area contributed by atoms with Gasteiger partial charge in [0.05, 0.1) is 12.0 Å². The van der Waals surface area contributed by atoms with Gasteiger partial charge in [0, 0.05) is 16.6 Å². The van der Waals surface area contributed by atoms with Gasteiger partial charge in [-0.15, -0.1) is 11.3 Å². The molecule has 24 heavy (non-hydrogen) atoms. The minimum absolute atomic E-state index is 0.145. The van der Waals surface area contributed by atoms with Crippen molar-refractivity contribution in [1.29, 1.82) is 0 Å². The highest BCUT2D eigenvalue weighted by atomic mass is 32.1. The molecule has 4 rings (SSSR count). The fourth-order valence-corrected chi connectivity index (χ4v) is 4.47. The van der Waals surface area contributed by atoms with Gasteiger partial charge in [-0.05, 0) is 42.4 Å². The first-order chi connectivity index (χ1) is 11.4. The van der Waals surface area contributed by atoms with E-state index in [-0.39, 0.29) is 16.0 Å². The Kier molecular flexibility index (Phi) is 3.22. The standard InChI is InChI=1S/C18H18N2O3S/c1-18(2)6-5-9-10(8-18)20-16-13(12(9)11-4-3-7-23-11)14(19)15(24-16)17(21)22/h3-4,7H,5-6,8,19H2,1-2H3,(H,21,22). The van der Waals surface area contributed by atoms with Crippen molar-refractivity contribution in [2.24, 2.45) is 5.41 Å². The summed E-state index contributed by atoms with van der Waals surface area (Å²) in [7, 11) is 0. The number of furan rings is 1. The molecule has 0 saturated heterocycles. The number of carbonyl (C=O) groups is 1. The van der Waals surface area contributed by atoms with Crippen LogP contribution in [-0.2, 0) is 12.8 Å². The molecule has 5 nitrogen and oxygen atoms in total. The highest BCUT2D eigenvalue weighted by Crippen LogP contribution is 2.46. The molecule has 0 unspecified atom stereocenters. The van der Waals surface area contributed by atoms with Crippen molar-refractivity contribution in [3.8, 4) is 11.3 Å².